The average Bonchev–Trinajstić information content (AvgIpc) is 3.34. The van der Waals surface area contributed by atoms with Crippen molar-refractivity contribution >= 4 is 29.1 Å². The van der Waals surface area contributed by atoms with Gasteiger partial charge in [-0.05, 0) is 36.9 Å². The Labute approximate surface area is 156 Å². The van der Waals surface area contributed by atoms with Crippen LogP contribution in [0.15, 0.2) is 35.8 Å². The Balaban J connectivity index is 1.75. The van der Waals surface area contributed by atoms with Gasteiger partial charge in [0.2, 0.25) is 5.91 Å². The summed E-state index contributed by atoms with van der Waals surface area (Å²) in [6.45, 7) is 2.65. The minimum atomic E-state index is -0.580. The first kappa shape index (κ1) is 18.2. The van der Waals surface area contributed by atoms with Crippen LogP contribution in [0.25, 0.3) is 0 Å². The van der Waals surface area contributed by atoms with Gasteiger partial charge in [-0.2, -0.15) is 0 Å². The fourth-order valence-corrected chi connectivity index (χ4v) is 3.88. The maximum absolute atomic E-state index is 12.8. The number of thiophene rings is 1. The van der Waals surface area contributed by atoms with Gasteiger partial charge in [0.05, 0.1) is 4.88 Å². The quantitative estimate of drug-likeness (QED) is 0.826. The van der Waals surface area contributed by atoms with E-state index in [4.69, 9.17) is 0 Å². The fourth-order valence-electron chi connectivity index (χ4n) is 3.20. The molecule has 3 rings (SSSR count). The summed E-state index contributed by atoms with van der Waals surface area (Å²) in [6, 6.07) is 6.24. The van der Waals surface area contributed by atoms with E-state index in [0.29, 0.717) is 30.1 Å². The van der Waals surface area contributed by atoms with Crippen molar-refractivity contribution in [1.82, 2.24) is 20.1 Å². The number of hydrogen-bond acceptors (Lipinski definition) is 4. The third kappa shape index (κ3) is 3.65. The Morgan fingerprint density at radius 1 is 1.27 bits per heavy atom. The van der Waals surface area contributed by atoms with E-state index in [9.17, 15) is 14.4 Å². The van der Waals surface area contributed by atoms with E-state index in [1.807, 2.05) is 18.4 Å². The van der Waals surface area contributed by atoms with E-state index >= 15 is 0 Å². The van der Waals surface area contributed by atoms with Gasteiger partial charge >= 0.3 is 0 Å². The Morgan fingerprint density at radius 3 is 2.69 bits per heavy atom. The number of rotatable bonds is 5. The number of likely N-dealkylation sites (N-methyl/N-ethyl adjacent to an activating group) is 1. The molecule has 1 fully saturated rings. The van der Waals surface area contributed by atoms with Gasteiger partial charge in [-0.1, -0.05) is 6.07 Å². The zero-order chi connectivity index (χ0) is 18.7. The van der Waals surface area contributed by atoms with Gasteiger partial charge in [0, 0.05) is 32.4 Å². The first-order valence-electron chi connectivity index (χ1n) is 8.55. The first-order chi connectivity index (χ1) is 12.5. The summed E-state index contributed by atoms with van der Waals surface area (Å²) in [5.41, 5.74) is 0.544. The number of amides is 3. The lowest BCUT2D eigenvalue weighted by molar-refractivity contribution is -0.124. The minimum Gasteiger partial charge on any atom is -0.355 e. The molecule has 1 aliphatic heterocycles. The monoisotopic (exact) mass is 374 g/mol. The number of hydrogen-bond donors (Lipinski definition) is 2. The largest absolute Gasteiger partial charge is 0.355 e. The van der Waals surface area contributed by atoms with Crippen LogP contribution in [0.1, 0.15) is 33.5 Å². The lowest BCUT2D eigenvalue weighted by Crippen LogP contribution is -2.45. The fraction of sp³-hybridized carbons (Fsp3) is 0.389. The number of carbonyl (C=O) groups excluding carboxylic acids is 3. The van der Waals surface area contributed by atoms with Crippen molar-refractivity contribution in [2.75, 3.05) is 13.1 Å². The number of nitrogens with one attached hydrogen (secondary N) is 2. The van der Waals surface area contributed by atoms with Crippen molar-refractivity contribution in [3.05, 3.63) is 46.4 Å². The Kier molecular flexibility index (Phi) is 5.41. The molecule has 3 amide bonds. The molecule has 1 aliphatic rings. The van der Waals surface area contributed by atoms with Crippen LogP contribution in [0, 0.1) is 0 Å². The van der Waals surface area contributed by atoms with Crippen LogP contribution in [0.5, 0.6) is 0 Å². The van der Waals surface area contributed by atoms with Gasteiger partial charge in [0.1, 0.15) is 11.7 Å². The molecule has 0 aliphatic carbocycles. The van der Waals surface area contributed by atoms with E-state index in [0.717, 1.165) is 0 Å². The van der Waals surface area contributed by atoms with Crippen LogP contribution in [0.3, 0.4) is 0 Å². The van der Waals surface area contributed by atoms with Gasteiger partial charge < -0.3 is 20.1 Å². The van der Waals surface area contributed by atoms with Crippen molar-refractivity contribution in [2.45, 2.75) is 25.4 Å². The second-order valence-electron chi connectivity index (χ2n) is 6.26. The second-order valence-corrected chi connectivity index (χ2v) is 7.20. The van der Waals surface area contributed by atoms with Gasteiger partial charge in [-0.3, -0.25) is 14.4 Å². The highest BCUT2D eigenvalue weighted by atomic mass is 32.1. The lowest BCUT2D eigenvalue weighted by Gasteiger charge is -2.23. The minimum absolute atomic E-state index is 0.174. The molecule has 2 N–H and O–H groups in total. The molecule has 3 heterocycles. The number of aromatic nitrogens is 1. The zero-order valence-electron chi connectivity index (χ0n) is 14.8. The summed E-state index contributed by atoms with van der Waals surface area (Å²) < 4.78 is 1.74. The van der Waals surface area contributed by atoms with Crippen LogP contribution >= 0.6 is 11.3 Å². The maximum atomic E-state index is 12.8. The summed E-state index contributed by atoms with van der Waals surface area (Å²) in [7, 11) is 1.80. The number of likely N-dealkylation sites (tertiary alicyclic amines) is 1. The molecule has 0 spiro atoms. The van der Waals surface area contributed by atoms with Crippen LogP contribution < -0.4 is 10.6 Å². The third-order valence-corrected chi connectivity index (χ3v) is 5.32. The van der Waals surface area contributed by atoms with Gasteiger partial charge in [-0.25, -0.2) is 0 Å². The second kappa shape index (κ2) is 7.74. The van der Waals surface area contributed by atoms with Crippen molar-refractivity contribution in [2.24, 2.45) is 7.05 Å². The van der Waals surface area contributed by atoms with Crippen molar-refractivity contribution in [1.29, 1.82) is 0 Å². The molecule has 0 saturated carbocycles. The predicted molar refractivity (Wildman–Crippen MR) is 99.1 cm³/mol. The molecule has 0 bridgehead atoms. The maximum Gasteiger partial charge on any atom is 0.268 e. The smallest absolute Gasteiger partial charge is 0.268 e. The van der Waals surface area contributed by atoms with Crippen molar-refractivity contribution < 1.29 is 14.4 Å². The normalized spacial score (nSPS) is 19.4. The molecule has 26 heavy (non-hydrogen) atoms. The van der Waals surface area contributed by atoms with E-state index in [2.05, 4.69) is 10.6 Å². The Bertz CT molecular complexity index is 799. The van der Waals surface area contributed by atoms with E-state index in [-0.39, 0.29) is 23.8 Å². The standard InChI is InChI=1S/C18H22N4O3S/c1-3-19-16(23)14-10-12(20-17(24)13-6-4-8-21(13)2)11-22(14)18(25)15-7-5-9-26-15/h4-9,12,14H,3,10-11H2,1-2H3,(H,19,23)(H,20,24)/t12-,14-/m0/s1. The van der Waals surface area contributed by atoms with Crippen LogP contribution in [-0.2, 0) is 11.8 Å². The molecule has 7 nitrogen and oxygen atoms in total. The summed E-state index contributed by atoms with van der Waals surface area (Å²) in [5.74, 6) is -0.567. The Hall–Kier alpha value is -2.61. The molecule has 0 aromatic carbocycles. The molecule has 8 heteroatoms. The summed E-state index contributed by atoms with van der Waals surface area (Å²) in [6.07, 6.45) is 2.20. The molecule has 1 saturated heterocycles. The molecule has 0 unspecified atom stereocenters. The van der Waals surface area contributed by atoms with Crippen molar-refractivity contribution in [3.8, 4) is 0 Å². The third-order valence-electron chi connectivity index (χ3n) is 4.46. The predicted octanol–water partition coefficient (Wildman–Crippen LogP) is 1.24. The molecule has 138 valence electrons. The molecule has 2 aromatic rings. The molecule has 2 aromatic heterocycles. The summed E-state index contributed by atoms with van der Waals surface area (Å²) >= 11 is 1.35. The lowest BCUT2D eigenvalue weighted by atomic mass is 10.1. The number of nitrogens with zero attached hydrogens (tertiary/aromatic N) is 2. The molecular weight excluding hydrogens is 352 g/mol. The number of carbonyl (C=O) groups is 3. The molecule has 2 atom stereocenters. The molecular formula is C18H22N4O3S. The van der Waals surface area contributed by atoms with Gasteiger partial charge in [0.25, 0.3) is 11.8 Å². The molecule has 0 radical (unpaired) electrons. The van der Waals surface area contributed by atoms with E-state index < -0.39 is 6.04 Å². The van der Waals surface area contributed by atoms with Crippen LogP contribution in [0.2, 0.25) is 0 Å². The average molecular weight is 374 g/mol. The Morgan fingerprint density at radius 2 is 2.08 bits per heavy atom. The van der Waals surface area contributed by atoms with E-state index in [1.165, 1.54) is 11.3 Å². The highest BCUT2D eigenvalue weighted by Crippen LogP contribution is 2.23. The van der Waals surface area contributed by atoms with Crippen LogP contribution in [0.4, 0.5) is 0 Å². The van der Waals surface area contributed by atoms with Gasteiger partial charge in [-0.15, -0.1) is 11.3 Å². The summed E-state index contributed by atoms with van der Waals surface area (Å²) in [4.78, 5) is 39.8. The summed E-state index contributed by atoms with van der Waals surface area (Å²) in [5, 5.41) is 7.56. The first-order valence-corrected chi connectivity index (χ1v) is 9.43. The highest BCUT2D eigenvalue weighted by molar-refractivity contribution is 7.12. The SMILES string of the molecule is CCNC(=O)[C@@H]1C[C@H](NC(=O)c2cccn2C)CN1C(=O)c1cccs1. The highest BCUT2D eigenvalue weighted by Gasteiger charge is 2.40. The zero-order valence-corrected chi connectivity index (χ0v) is 15.6. The van der Waals surface area contributed by atoms with Crippen LogP contribution in [-0.4, -0.2) is 52.4 Å². The van der Waals surface area contributed by atoms with Gasteiger partial charge in [0.15, 0.2) is 0 Å². The van der Waals surface area contributed by atoms with Crippen molar-refractivity contribution in [3.63, 3.8) is 0 Å². The van der Waals surface area contributed by atoms with E-state index in [1.54, 1.807) is 40.9 Å². The number of aryl methyl sites for hydroxylation is 1. The topological polar surface area (TPSA) is 83.4 Å².